The van der Waals surface area contributed by atoms with Crippen LogP contribution in [-0.4, -0.2) is 63.5 Å². The number of hydrogen-bond acceptors (Lipinski definition) is 8. The fourth-order valence-electron chi connectivity index (χ4n) is 3.38. The molecule has 0 bridgehead atoms. The molecule has 0 unspecified atom stereocenters. The van der Waals surface area contributed by atoms with Crippen LogP contribution in [0, 0.1) is 3.57 Å². The molecule has 3 N–H and O–H groups in total. The van der Waals surface area contributed by atoms with Crippen molar-refractivity contribution < 1.29 is 33.3 Å². The van der Waals surface area contributed by atoms with Gasteiger partial charge in [0.25, 0.3) is 5.91 Å². The summed E-state index contributed by atoms with van der Waals surface area (Å²) < 4.78 is 22.6. The van der Waals surface area contributed by atoms with E-state index in [-0.39, 0.29) is 25.2 Å². The first-order valence-electron chi connectivity index (χ1n) is 11.7. The van der Waals surface area contributed by atoms with Crippen LogP contribution in [0.2, 0.25) is 0 Å². The monoisotopic (exact) mass is 624 g/mol. The molecule has 3 amide bonds. The molecular formula is C25H29IN4O7. The Morgan fingerprint density at radius 3 is 2.62 bits per heavy atom. The Hall–Kier alpha value is -3.39. The number of carbonyl (C=O) groups is 3. The van der Waals surface area contributed by atoms with Gasteiger partial charge in [-0.15, -0.1) is 0 Å². The second-order valence-electron chi connectivity index (χ2n) is 7.87. The van der Waals surface area contributed by atoms with Crippen LogP contribution in [0.1, 0.15) is 25.3 Å². The van der Waals surface area contributed by atoms with Crippen LogP contribution in [0.5, 0.6) is 17.2 Å². The topological polar surface area (TPSA) is 137 Å². The number of ether oxygens (including phenoxy) is 4. The van der Waals surface area contributed by atoms with Crippen molar-refractivity contribution in [1.82, 2.24) is 10.7 Å². The van der Waals surface area contributed by atoms with Crippen LogP contribution in [0.25, 0.3) is 0 Å². The molecule has 1 fully saturated rings. The summed E-state index contributed by atoms with van der Waals surface area (Å²) in [5.41, 5.74) is 3.42. The third-order valence-electron chi connectivity index (χ3n) is 5.15. The second kappa shape index (κ2) is 14.4. The molecule has 2 aromatic rings. The Bertz CT molecular complexity index is 1120. The highest BCUT2D eigenvalue weighted by Crippen LogP contribution is 2.34. The van der Waals surface area contributed by atoms with Gasteiger partial charge in [0.15, 0.2) is 18.1 Å². The average molecular weight is 624 g/mol. The van der Waals surface area contributed by atoms with E-state index in [2.05, 4.69) is 43.8 Å². The fourth-order valence-corrected chi connectivity index (χ4v) is 4.16. The lowest BCUT2D eigenvalue weighted by molar-refractivity contribution is -0.139. The van der Waals surface area contributed by atoms with Gasteiger partial charge in [0, 0.05) is 18.8 Å². The molecule has 0 spiro atoms. The van der Waals surface area contributed by atoms with E-state index in [1.807, 2.05) is 6.92 Å². The predicted molar refractivity (Wildman–Crippen MR) is 145 cm³/mol. The molecule has 1 saturated heterocycles. The van der Waals surface area contributed by atoms with Crippen LogP contribution < -0.4 is 30.3 Å². The van der Waals surface area contributed by atoms with Crippen molar-refractivity contribution in [1.29, 1.82) is 0 Å². The van der Waals surface area contributed by atoms with E-state index < -0.39 is 11.8 Å². The number of halogens is 1. The van der Waals surface area contributed by atoms with Crippen molar-refractivity contribution in [2.45, 2.75) is 25.9 Å². The third-order valence-corrected chi connectivity index (χ3v) is 5.95. The van der Waals surface area contributed by atoms with Crippen LogP contribution in [0.15, 0.2) is 41.5 Å². The maximum atomic E-state index is 12.4. The Balaban J connectivity index is 1.55. The number of methoxy groups -OCH3 is 1. The normalized spacial score (nSPS) is 14.7. The molecule has 198 valence electrons. The van der Waals surface area contributed by atoms with Crippen LogP contribution >= 0.6 is 22.6 Å². The zero-order chi connectivity index (χ0) is 26.6. The van der Waals surface area contributed by atoms with Crippen molar-refractivity contribution in [3.63, 3.8) is 0 Å². The summed E-state index contributed by atoms with van der Waals surface area (Å²) in [6.45, 7) is 2.91. The molecule has 37 heavy (non-hydrogen) atoms. The van der Waals surface area contributed by atoms with Gasteiger partial charge in [-0.3, -0.25) is 14.4 Å². The lowest BCUT2D eigenvalue weighted by atomic mass is 10.2. The number of nitrogens with one attached hydrogen (secondary N) is 3. The van der Waals surface area contributed by atoms with E-state index in [1.54, 1.807) is 43.5 Å². The van der Waals surface area contributed by atoms with E-state index in [4.69, 9.17) is 18.9 Å². The minimum Gasteiger partial charge on any atom is -0.497 e. The highest BCUT2D eigenvalue weighted by Gasteiger charge is 2.19. The number of hydrogen-bond donors (Lipinski definition) is 3. The summed E-state index contributed by atoms with van der Waals surface area (Å²) in [6, 6.07) is 10.3. The van der Waals surface area contributed by atoms with Crippen LogP contribution in [0.4, 0.5) is 5.69 Å². The summed E-state index contributed by atoms with van der Waals surface area (Å²) in [5.74, 6) is -0.498. The number of carbonyl (C=O) groups excluding carboxylic acids is 3. The summed E-state index contributed by atoms with van der Waals surface area (Å²) in [5, 5.41) is 9.15. The number of rotatable bonds is 11. The van der Waals surface area contributed by atoms with E-state index in [0.717, 1.165) is 12.8 Å². The Labute approximate surface area is 228 Å². The molecule has 1 aliphatic heterocycles. The molecule has 0 aromatic heterocycles. The first-order valence-corrected chi connectivity index (χ1v) is 12.7. The predicted octanol–water partition coefficient (Wildman–Crippen LogP) is 2.46. The van der Waals surface area contributed by atoms with Gasteiger partial charge in [0.1, 0.15) is 5.75 Å². The second-order valence-corrected chi connectivity index (χ2v) is 9.03. The third kappa shape index (κ3) is 8.89. The SMILES string of the molecule is CCOc1cc(/C=N\NC(=O)C(=O)NC[C@@H]2CCCO2)cc(I)c1OCC(=O)Nc1ccc(OC)cc1. The highest BCUT2D eigenvalue weighted by molar-refractivity contribution is 14.1. The van der Waals surface area contributed by atoms with Crippen molar-refractivity contribution >= 4 is 52.2 Å². The lowest BCUT2D eigenvalue weighted by Gasteiger charge is -2.14. The van der Waals surface area contributed by atoms with Gasteiger partial charge in [0.05, 0.1) is 29.6 Å². The van der Waals surface area contributed by atoms with Gasteiger partial charge >= 0.3 is 11.8 Å². The quantitative estimate of drug-likeness (QED) is 0.151. The van der Waals surface area contributed by atoms with E-state index >= 15 is 0 Å². The summed E-state index contributed by atoms with van der Waals surface area (Å²) in [7, 11) is 1.57. The Morgan fingerprint density at radius 1 is 1.16 bits per heavy atom. The van der Waals surface area contributed by atoms with Gasteiger partial charge < -0.3 is 29.6 Å². The summed E-state index contributed by atoms with van der Waals surface area (Å²) >= 11 is 2.06. The Morgan fingerprint density at radius 2 is 1.95 bits per heavy atom. The first kappa shape index (κ1) is 28.2. The zero-order valence-corrected chi connectivity index (χ0v) is 22.7. The molecule has 1 atom stereocenters. The lowest BCUT2D eigenvalue weighted by Crippen LogP contribution is -2.41. The molecule has 1 heterocycles. The van der Waals surface area contributed by atoms with Crippen molar-refractivity contribution in [3.05, 3.63) is 45.5 Å². The average Bonchev–Trinajstić information content (AvgIpc) is 3.41. The number of benzene rings is 2. The smallest absolute Gasteiger partial charge is 0.329 e. The molecule has 1 aliphatic rings. The van der Waals surface area contributed by atoms with Gasteiger partial charge in [-0.05, 0) is 84.3 Å². The minimum absolute atomic E-state index is 0.0615. The van der Waals surface area contributed by atoms with Gasteiger partial charge in [0.2, 0.25) is 0 Å². The first-order chi connectivity index (χ1) is 17.9. The van der Waals surface area contributed by atoms with Gasteiger partial charge in [-0.25, -0.2) is 5.43 Å². The molecule has 2 aromatic carbocycles. The minimum atomic E-state index is -0.878. The standard InChI is InChI=1S/C25H29IN4O7/c1-3-35-21-12-16(13-28-30-25(33)24(32)27-14-19-5-4-10-36-19)11-20(26)23(21)37-15-22(31)29-17-6-8-18(34-2)9-7-17/h6-9,11-13,19H,3-5,10,14-15H2,1-2H3,(H,27,32)(H,29,31)(H,30,33)/b28-13-/t19-/m0/s1. The Kier molecular flexibility index (Phi) is 11.0. The van der Waals surface area contributed by atoms with Crippen molar-refractivity contribution in [2.75, 3.05) is 38.8 Å². The van der Waals surface area contributed by atoms with Crippen molar-refractivity contribution in [3.8, 4) is 17.2 Å². The molecule has 11 nitrogen and oxygen atoms in total. The number of nitrogens with zero attached hydrogens (tertiary/aromatic N) is 1. The van der Waals surface area contributed by atoms with Crippen molar-refractivity contribution in [2.24, 2.45) is 5.10 Å². The van der Waals surface area contributed by atoms with E-state index in [0.29, 0.717) is 45.3 Å². The van der Waals surface area contributed by atoms with E-state index in [9.17, 15) is 14.4 Å². The largest absolute Gasteiger partial charge is 0.497 e. The zero-order valence-electron chi connectivity index (χ0n) is 20.5. The maximum Gasteiger partial charge on any atom is 0.329 e. The number of hydrazone groups is 1. The molecule has 3 rings (SSSR count). The van der Waals surface area contributed by atoms with E-state index in [1.165, 1.54) is 6.21 Å². The fraction of sp³-hybridized carbons (Fsp3) is 0.360. The van der Waals surface area contributed by atoms with Crippen LogP contribution in [0.3, 0.4) is 0 Å². The van der Waals surface area contributed by atoms with Gasteiger partial charge in [-0.1, -0.05) is 0 Å². The molecule has 0 saturated carbocycles. The van der Waals surface area contributed by atoms with Gasteiger partial charge in [-0.2, -0.15) is 5.10 Å². The van der Waals surface area contributed by atoms with Crippen LogP contribution in [-0.2, 0) is 19.1 Å². The number of anilines is 1. The maximum absolute atomic E-state index is 12.4. The summed E-state index contributed by atoms with van der Waals surface area (Å²) in [4.78, 5) is 36.3. The molecule has 0 radical (unpaired) electrons. The molecule has 0 aliphatic carbocycles. The molecular weight excluding hydrogens is 595 g/mol. The molecule has 12 heteroatoms. The summed E-state index contributed by atoms with van der Waals surface area (Å²) in [6.07, 6.45) is 3.12. The highest BCUT2D eigenvalue weighted by atomic mass is 127. The number of amides is 3.